The number of hydrogen-bond acceptors (Lipinski definition) is 2. The molecule has 0 aromatic heterocycles. The Balaban J connectivity index is 1.58. The third kappa shape index (κ3) is 3.22. The second-order valence-corrected chi connectivity index (χ2v) is 5.66. The van der Waals surface area contributed by atoms with Crippen molar-refractivity contribution in [1.29, 1.82) is 0 Å². The Hall–Kier alpha value is -2.49. The van der Waals surface area contributed by atoms with Crippen molar-refractivity contribution in [1.82, 2.24) is 5.32 Å². The van der Waals surface area contributed by atoms with Crippen molar-refractivity contribution in [2.45, 2.75) is 26.8 Å². The van der Waals surface area contributed by atoms with E-state index >= 15 is 0 Å². The maximum absolute atomic E-state index is 12.0. The molecule has 2 aromatic rings. The maximum Gasteiger partial charge on any atom is 0.319 e. The van der Waals surface area contributed by atoms with Gasteiger partial charge >= 0.3 is 6.03 Å². The van der Waals surface area contributed by atoms with Crippen molar-refractivity contribution in [3.05, 3.63) is 58.7 Å². The number of amides is 2. The van der Waals surface area contributed by atoms with Crippen LogP contribution < -0.4 is 15.4 Å². The fourth-order valence-corrected chi connectivity index (χ4v) is 2.66. The molecule has 0 unspecified atom stereocenters. The molecule has 0 saturated carbocycles. The van der Waals surface area contributed by atoms with E-state index in [0.29, 0.717) is 6.54 Å². The summed E-state index contributed by atoms with van der Waals surface area (Å²) >= 11 is 0. The van der Waals surface area contributed by atoms with Crippen LogP contribution in [0.2, 0.25) is 0 Å². The number of carbonyl (C=O) groups excluding carboxylic acids is 1. The van der Waals surface area contributed by atoms with Gasteiger partial charge in [-0.2, -0.15) is 0 Å². The lowest BCUT2D eigenvalue weighted by Crippen LogP contribution is -2.28. The standard InChI is InChI=1S/C18H20N2O2/c1-12-3-4-15(13(2)9-12)11-19-18(21)20-16-5-6-17-14(10-16)7-8-22-17/h3-6,9-10H,7-8,11H2,1-2H3,(H2,19,20,21). The summed E-state index contributed by atoms with van der Waals surface area (Å²) in [6, 6.07) is 11.8. The van der Waals surface area contributed by atoms with E-state index in [0.717, 1.165) is 35.6 Å². The van der Waals surface area contributed by atoms with Gasteiger partial charge in [-0.05, 0) is 48.7 Å². The van der Waals surface area contributed by atoms with Gasteiger partial charge in [0.15, 0.2) is 0 Å². The molecule has 2 amide bonds. The lowest BCUT2D eigenvalue weighted by atomic mass is 10.1. The van der Waals surface area contributed by atoms with Gasteiger partial charge in [-0.25, -0.2) is 4.79 Å². The van der Waals surface area contributed by atoms with Crippen molar-refractivity contribution in [2.75, 3.05) is 11.9 Å². The molecule has 0 bridgehead atoms. The molecule has 1 aliphatic heterocycles. The molecule has 0 atom stereocenters. The van der Waals surface area contributed by atoms with Gasteiger partial charge in [0.1, 0.15) is 5.75 Å². The third-order valence-corrected chi connectivity index (χ3v) is 3.88. The minimum Gasteiger partial charge on any atom is -0.493 e. The Labute approximate surface area is 130 Å². The molecule has 2 N–H and O–H groups in total. The molecule has 22 heavy (non-hydrogen) atoms. The van der Waals surface area contributed by atoms with E-state index in [2.05, 4.69) is 42.7 Å². The summed E-state index contributed by atoms with van der Waals surface area (Å²) in [6.07, 6.45) is 0.898. The molecular formula is C18H20N2O2. The summed E-state index contributed by atoms with van der Waals surface area (Å²) in [5.41, 5.74) is 5.48. The Morgan fingerprint density at radius 2 is 2.05 bits per heavy atom. The van der Waals surface area contributed by atoms with E-state index < -0.39 is 0 Å². The molecule has 4 nitrogen and oxygen atoms in total. The van der Waals surface area contributed by atoms with Crippen LogP contribution in [0.4, 0.5) is 10.5 Å². The zero-order valence-electron chi connectivity index (χ0n) is 12.9. The first kappa shape index (κ1) is 14.4. The Morgan fingerprint density at radius 3 is 2.86 bits per heavy atom. The van der Waals surface area contributed by atoms with Crippen LogP contribution in [0.1, 0.15) is 22.3 Å². The van der Waals surface area contributed by atoms with E-state index in [-0.39, 0.29) is 6.03 Å². The smallest absolute Gasteiger partial charge is 0.319 e. The Kier molecular flexibility index (Phi) is 4.00. The van der Waals surface area contributed by atoms with E-state index in [1.165, 1.54) is 11.1 Å². The third-order valence-electron chi connectivity index (χ3n) is 3.88. The highest BCUT2D eigenvalue weighted by atomic mass is 16.5. The van der Waals surface area contributed by atoms with Crippen LogP contribution in [0.15, 0.2) is 36.4 Å². The van der Waals surface area contributed by atoms with Crippen LogP contribution in [0.5, 0.6) is 5.75 Å². The van der Waals surface area contributed by atoms with Crippen molar-refractivity contribution in [3.63, 3.8) is 0 Å². The molecule has 0 aliphatic carbocycles. The van der Waals surface area contributed by atoms with Gasteiger partial charge in [0.25, 0.3) is 0 Å². The number of urea groups is 1. The van der Waals surface area contributed by atoms with Gasteiger partial charge in [-0.3, -0.25) is 0 Å². The molecule has 3 rings (SSSR count). The van der Waals surface area contributed by atoms with E-state index in [1.54, 1.807) is 0 Å². The average Bonchev–Trinajstić information content (AvgIpc) is 2.94. The first-order valence-electron chi connectivity index (χ1n) is 7.48. The first-order valence-corrected chi connectivity index (χ1v) is 7.48. The number of hydrogen-bond donors (Lipinski definition) is 2. The lowest BCUT2D eigenvalue weighted by molar-refractivity contribution is 0.251. The molecule has 1 aliphatic rings. The predicted octanol–water partition coefficient (Wildman–Crippen LogP) is 3.56. The first-order chi connectivity index (χ1) is 10.6. The molecular weight excluding hydrogens is 276 g/mol. The summed E-state index contributed by atoms with van der Waals surface area (Å²) in [7, 11) is 0. The summed E-state index contributed by atoms with van der Waals surface area (Å²) in [5.74, 6) is 0.918. The van der Waals surface area contributed by atoms with E-state index in [9.17, 15) is 4.79 Å². The van der Waals surface area contributed by atoms with Crippen LogP contribution >= 0.6 is 0 Å². The van der Waals surface area contributed by atoms with Gasteiger partial charge in [-0.15, -0.1) is 0 Å². The lowest BCUT2D eigenvalue weighted by Gasteiger charge is -2.10. The van der Waals surface area contributed by atoms with Crippen molar-refractivity contribution in [2.24, 2.45) is 0 Å². The Morgan fingerprint density at radius 1 is 1.18 bits per heavy atom. The van der Waals surface area contributed by atoms with Crippen LogP contribution in [-0.4, -0.2) is 12.6 Å². The maximum atomic E-state index is 12.0. The van der Waals surface area contributed by atoms with Crippen molar-refractivity contribution >= 4 is 11.7 Å². The summed E-state index contributed by atoms with van der Waals surface area (Å²) in [5, 5.41) is 5.76. The van der Waals surface area contributed by atoms with Crippen LogP contribution in [0.3, 0.4) is 0 Å². The molecule has 2 aromatic carbocycles. The van der Waals surface area contributed by atoms with E-state index in [1.807, 2.05) is 18.2 Å². The minimum atomic E-state index is -0.196. The van der Waals surface area contributed by atoms with E-state index in [4.69, 9.17) is 4.74 Å². The average molecular weight is 296 g/mol. The molecule has 0 fully saturated rings. The highest BCUT2D eigenvalue weighted by Gasteiger charge is 2.12. The number of fused-ring (bicyclic) bond motifs is 1. The van der Waals surface area contributed by atoms with Gasteiger partial charge < -0.3 is 15.4 Å². The molecule has 0 spiro atoms. The minimum absolute atomic E-state index is 0.196. The fraction of sp³-hybridized carbons (Fsp3) is 0.278. The highest BCUT2D eigenvalue weighted by Crippen LogP contribution is 2.27. The van der Waals surface area contributed by atoms with Gasteiger partial charge in [0.2, 0.25) is 0 Å². The zero-order valence-corrected chi connectivity index (χ0v) is 12.9. The van der Waals surface area contributed by atoms with Crippen molar-refractivity contribution in [3.8, 4) is 5.75 Å². The van der Waals surface area contributed by atoms with Crippen LogP contribution in [0.25, 0.3) is 0 Å². The normalized spacial score (nSPS) is 12.5. The van der Waals surface area contributed by atoms with Gasteiger partial charge in [0.05, 0.1) is 6.61 Å². The SMILES string of the molecule is Cc1ccc(CNC(=O)Nc2ccc3c(c2)CCO3)c(C)c1. The predicted molar refractivity (Wildman–Crippen MR) is 87.4 cm³/mol. The zero-order chi connectivity index (χ0) is 15.5. The van der Waals surface area contributed by atoms with Crippen LogP contribution in [-0.2, 0) is 13.0 Å². The highest BCUT2D eigenvalue weighted by molar-refractivity contribution is 5.89. The number of nitrogens with one attached hydrogen (secondary N) is 2. The van der Waals surface area contributed by atoms with Crippen molar-refractivity contribution < 1.29 is 9.53 Å². The topological polar surface area (TPSA) is 50.4 Å². The molecule has 1 heterocycles. The fourth-order valence-electron chi connectivity index (χ4n) is 2.66. The summed E-state index contributed by atoms with van der Waals surface area (Å²) in [4.78, 5) is 12.0. The number of benzene rings is 2. The summed E-state index contributed by atoms with van der Waals surface area (Å²) in [6.45, 7) is 5.36. The number of carbonyl (C=O) groups is 1. The number of rotatable bonds is 3. The molecule has 4 heteroatoms. The Bertz CT molecular complexity index is 710. The number of ether oxygens (including phenoxy) is 1. The second kappa shape index (κ2) is 6.10. The molecule has 0 radical (unpaired) electrons. The second-order valence-electron chi connectivity index (χ2n) is 5.66. The number of anilines is 1. The van der Waals surface area contributed by atoms with Gasteiger partial charge in [0, 0.05) is 18.7 Å². The number of aryl methyl sites for hydroxylation is 2. The quantitative estimate of drug-likeness (QED) is 0.910. The largest absolute Gasteiger partial charge is 0.493 e. The monoisotopic (exact) mass is 296 g/mol. The van der Waals surface area contributed by atoms with Gasteiger partial charge in [-0.1, -0.05) is 23.8 Å². The molecule has 0 saturated heterocycles. The van der Waals surface area contributed by atoms with Crippen LogP contribution in [0, 0.1) is 13.8 Å². The summed E-state index contributed by atoms with van der Waals surface area (Å²) < 4.78 is 5.46. The molecule has 114 valence electrons.